The van der Waals surface area contributed by atoms with Crippen LogP contribution in [0.15, 0.2) is 34.2 Å². The van der Waals surface area contributed by atoms with E-state index in [9.17, 15) is 13.2 Å². The van der Waals surface area contributed by atoms with E-state index in [0.717, 1.165) is 5.56 Å². The highest BCUT2D eigenvalue weighted by atomic mass is 79.9. The Hall–Kier alpha value is -1.18. The van der Waals surface area contributed by atoms with Crippen LogP contribution < -0.4 is 10.0 Å². The van der Waals surface area contributed by atoms with Gasteiger partial charge in [-0.05, 0) is 31.0 Å². The van der Waals surface area contributed by atoms with Crippen molar-refractivity contribution < 1.29 is 13.2 Å². The fraction of sp³-hybridized carbons (Fsp3) is 0.357. The molecule has 0 aliphatic carbocycles. The molecule has 1 aromatic rings. The van der Waals surface area contributed by atoms with Crippen molar-refractivity contribution in [3.63, 3.8) is 0 Å². The van der Waals surface area contributed by atoms with Gasteiger partial charge in [0.25, 0.3) is 0 Å². The van der Waals surface area contributed by atoms with Gasteiger partial charge in [0, 0.05) is 24.0 Å². The number of hydrogen-bond acceptors (Lipinski definition) is 3. The number of sulfonamides is 1. The lowest BCUT2D eigenvalue weighted by molar-refractivity contribution is -0.120. The number of carbonyl (C=O) groups is 1. The van der Waals surface area contributed by atoms with Crippen molar-refractivity contribution in [2.24, 2.45) is 0 Å². The molecule has 0 aliphatic rings. The standard InChI is InChI=1S/C14H19BrN2O3S/c1-10-4-5-11(2)13(8-10)21(19,20)17-7-6-14(18)16-9-12(3)15/h4-5,8,17H,3,6-7,9H2,1-2H3,(H,16,18). The number of aryl methyl sites for hydroxylation is 2. The molecule has 0 unspecified atom stereocenters. The highest BCUT2D eigenvalue weighted by Crippen LogP contribution is 2.16. The molecule has 5 nitrogen and oxygen atoms in total. The third kappa shape index (κ3) is 5.99. The molecule has 0 heterocycles. The van der Waals surface area contributed by atoms with Crippen LogP contribution in [0, 0.1) is 13.8 Å². The van der Waals surface area contributed by atoms with Gasteiger partial charge in [0.05, 0.1) is 4.90 Å². The number of amides is 1. The number of hydrogen-bond donors (Lipinski definition) is 2. The van der Waals surface area contributed by atoms with Crippen molar-refractivity contribution in [3.8, 4) is 0 Å². The van der Waals surface area contributed by atoms with Gasteiger partial charge in [-0.15, -0.1) is 0 Å². The summed E-state index contributed by atoms with van der Waals surface area (Å²) in [5.74, 6) is -0.237. The van der Waals surface area contributed by atoms with E-state index in [-0.39, 0.29) is 23.8 Å². The minimum atomic E-state index is -3.60. The second kappa shape index (κ2) is 7.72. The Labute approximate surface area is 134 Å². The number of carbonyl (C=O) groups excluding carboxylic acids is 1. The Morgan fingerprint density at radius 2 is 2.00 bits per heavy atom. The molecule has 1 rings (SSSR count). The van der Waals surface area contributed by atoms with Gasteiger partial charge in [0.2, 0.25) is 15.9 Å². The second-order valence-corrected chi connectivity index (χ2v) is 7.57. The Kier molecular flexibility index (Phi) is 6.57. The number of rotatable bonds is 7. The lowest BCUT2D eigenvalue weighted by Crippen LogP contribution is -2.31. The Balaban J connectivity index is 2.60. The third-order valence-corrected chi connectivity index (χ3v) is 4.64. The number of benzene rings is 1. The summed E-state index contributed by atoms with van der Waals surface area (Å²) in [6.45, 7) is 7.54. The topological polar surface area (TPSA) is 75.3 Å². The average molecular weight is 375 g/mol. The van der Waals surface area contributed by atoms with Gasteiger partial charge in [-0.2, -0.15) is 0 Å². The van der Waals surface area contributed by atoms with E-state index in [1.165, 1.54) is 0 Å². The maximum absolute atomic E-state index is 12.2. The summed E-state index contributed by atoms with van der Waals surface area (Å²) in [7, 11) is -3.60. The first kappa shape index (κ1) is 17.9. The first-order valence-corrected chi connectivity index (χ1v) is 8.67. The highest BCUT2D eigenvalue weighted by Gasteiger charge is 2.16. The van der Waals surface area contributed by atoms with Crippen molar-refractivity contribution in [2.45, 2.75) is 25.2 Å². The molecule has 116 valence electrons. The molecule has 0 spiro atoms. The zero-order valence-corrected chi connectivity index (χ0v) is 14.5. The molecule has 21 heavy (non-hydrogen) atoms. The van der Waals surface area contributed by atoms with Crippen molar-refractivity contribution in [1.82, 2.24) is 10.0 Å². The normalized spacial score (nSPS) is 11.2. The van der Waals surface area contributed by atoms with Crippen LogP contribution in [-0.4, -0.2) is 27.4 Å². The summed E-state index contributed by atoms with van der Waals surface area (Å²) >= 11 is 3.13. The smallest absolute Gasteiger partial charge is 0.240 e. The molecular formula is C14H19BrN2O3S. The minimum absolute atomic E-state index is 0.0519. The lowest BCUT2D eigenvalue weighted by atomic mass is 10.2. The molecule has 0 radical (unpaired) electrons. The number of halogens is 1. The predicted molar refractivity (Wildman–Crippen MR) is 86.8 cm³/mol. The summed E-state index contributed by atoms with van der Waals surface area (Å²) in [6, 6.07) is 5.24. The largest absolute Gasteiger partial charge is 0.351 e. The van der Waals surface area contributed by atoms with Gasteiger partial charge in [0.15, 0.2) is 0 Å². The van der Waals surface area contributed by atoms with Crippen molar-refractivity contribution in [2.75, 3.05) is 13.1 Å². The second-order valence-electron chi connectivity index (χ2n) is 4.71. The Morgan fingerprint density at radius 1 is 1.33 bits per heavy atom. The van der Waals surface area contributed by atoms with E-state index < -0.39 is 10.0 Å². The molecule has 2 N–H and O–H groups in total. The van der Waals surface area contributed by atoms with Crippen LogP contribution in [0.3, 0.4) is 0 Å². The molecule has 7 heteroatoms. The Bertz CT molecular complexity index is 642. The van der Waals surface area contributed by atoms with Crippen LogP contribution in [0.4, 0.5) is 0 Å². The van der Waals surface area contributed by atoms with E-state index in [0.29, 0.717) is 16.6 Å². The van der Waals surface area contributed by atoms with E-state index in [1.54, 1.807) is 19.1 Å². The average Bonchev–Trinajstić information content (AvgIpc) is 2.39. The van der Waals surface area contributed by atoms with Gasteiger partial charge >= 0.3 is 0 Å². The van der Waals surface area contributed by atoms with Gasteiger partial charge in [-0.25, -0.2) is 13.1 Å². The Morgan fingerprint density at radius 3 is 2.62 bits per heavy atom. The zero-order chi connectivity index (χ0) is 16.0. The molecule has 0 fully saturated rings. The van der Waals surface area contributed by atoms with E-state index >= 15 is 0 Å². The fourth-order valence-corrected chi connectivity index (χ4v) is 3.16. The van der Waals surface area contributed by atoms with Crippen LogP contribution in [0.5, 0.6) is 0 Å². The maximum Gasteiger partial charge on any atom is 0.240 e. The molecule has 0 saturated heterocycles. The highest BCUT2D eigenvalue weighted by molar-refractivity contribution is 9.11. The summed E-state index contributed by atoms with van der Waals surface area (Å²) in [5, 5.41) is 2.61. The van der Waals surface area contributed by atoms with Crippen LogP contribution in [0.25, 0.3) is 0 Å². The summed E-state index contributed by atoms with van der Waals surface area (Å²) in [6.07, 6.45) is 0.0738. The minimum Gasteiger partial charge on any atom is -0.351 e. The first-order chi connectivity index (χ1) is 9.72. The fourth-order valence-electron chi connectivity index (χ4n) is 1.66. The number of nitrogens with one attached hydrogen (secondary N) is 2. The predicted octanol–water partition coefficient (Wildman–Crippen LogP) is 2.00. The van der Waals surface area contributed by atoms with Crippen molar-refractivity contribution in [3.05, 3.63) is 40.4 Å². The maximum atomic E-state index is 12.2. The summed E-state index contributed by atoms with van der Waals surface area (Å²) in [5.41, 5.74) is 1.54. The molecule has 0 aliphatic heterocycles. The van der Waals surface area contributed by atoms with Gasteiger partial charge in [-0.3, -0.25) is 4.79 Å². The van der Waals surface area contributed by atoms with Gasteiger partial charge < -0.3 is 5.32 Å². The molecule has 1 aromatic carbocycles. The third-order valence-electron chi connectivity index (χ3n) is 2.75. The van der Waals surface area contributed by atoms with Crippen LogP contribution in [0.1, 0.15) is 17.5 Å². The lowest BCUT2D eigenvalue weighted by Gasteiger charge is -2.10. The summed E-state index contributed by atoms with van der Waals surface area (Å²) in [4.78, 5) is 11.7. The monoisotopic (exact) mass is 374 g/mol. The molecular weight excluding hydrogens is 356 g/mol. The molecule has 0 bridgehead atoms. The van der Waals surface area contributed by atoms with Gasteiger partial charge in [0.1, 0.15) is 0 Å². The van der Waals surface area contributed by atoms with Crippen LogP contribution in [0.2, 0.25) is 0 Å². The van der Waals surface area contributed by atoms with E-state index in [1.807, 2.05) is 13.0 Å². The zero-order valence-electron chi connectivity index (χ0n) is 12.1. The molecule has 0 atom stereocenters. The molecule has 1 amide bonds. The first-order valence-electron chi connectivity index (χ1n) is 6.39. The van der Waals surface area contributed by atoms with E-state index in [2.05, 4.69) is 32.5 Å². The van der Waals surface area contributed by atoms with Crippen LogP contribution in [-0.2, 0) is 14.8 Å². The molecule has 0 aromatic heterocycles. The SMILES string of the molecule is C=C(Br)CNC(=O)CCNS(=O)(=O)c1cc(C)ccc1C. The van der Waals surface area contributed by atoms with Crippen LogP contribution >= 0.6 is 15.9 Å². The van der Waals surface area contributed by atoms with Crippen molar-refractivity contribution >= 4 is 31.9 Å². The van der Waals surface area contributed by atoms with Gasteiger partial charge in [-0.1, -0.05) is 34.6 Å². The quantitative estimate of drug-likeness (QED) is 0.766. The summed E-state index contributed by atoms with van der Waals surface area (Å²) < 4.78 is 27.5. The van der Waals surface area contributed by atoms with E-state index in [4.69, 9.17) is 0 Å². The molecule has 0 saturated carbocycles. The van der Waals surface area contributed by atoms with Crippen molar-refractivity contribution in [1.29, 1.82) is 0 Å².